The lowest BCUT2D eigenvalue weighted by Crippen LogP contribution is -2.42. The largest absolute Gasteiger partial charge is 0.354 e. The van der Waals surface area contributed by atoms with Crippen molar-refractivity contribution in [2.24, 2.45) is 11.7 Å². The summed E-state index contributed by atoms with van der Waals surface area (Å²) >= 11 is 3.98. The minimum absolute atomic E-state index is 0. The number of halogens is 1. The average molecular weight is 271 g/mol. The fourth-order valence-electron chi connectivity index (χ4n) is 0.925. The SMILES string of the molecule is Br.CC(C)CC(N)C(=O)NCCS. The Hall–Kier alpha value is 0.260. The highest BCUT2D eigenvalue weighted by atomic mass is 79.9. The average Bonchev–Trinajstić information content (AvgIpc) is 1.98. The Morgan fingerprint density at radius 3 is 2.46 bits per heavy atom. The van der Waals surface area contributed by atoms with Crippen LogP contribution in [0, 0.1) is 5.92 Å². The molecule has 1 amide bonds. The third-order valence-corrected chi connectivity index (χ3v) is 1.70. The second-order valence-corrected chi connectivity index (χ2v) is 3.70. The normalized spacial score (nSPS) is 12.1. The second-order valence-electron chi connectivity index (χ2n) is 3.25. The number of thiol groups is 1. The van der Waals surface area contributed by atoms with Gasteiger partial charge in [0.2, 0.25) is 5.91 Å². The number of nitrogens with one attached hydrogen (secondary N) is 1. The van der Waals surface area contributed by atoms with Crippen molar-refractivity contribution >= 4 is 35.5 Å². The summed E-state index contributed by atoms with van der Waals surface area (Å²) in [4.78, 5) is 11.2. The maximum Gasteiger partial charge on any atom is 0.236 e. The van der Waals surface area contributed by atoms with Crippen molar-refractivity contribution in [1.82, 2.24) is 5.32 Å². The standard InChI is InChI=1S/C8H18N2OS.BrH/c1-6(2)5-7(9)8(11)10-3-4-12;/h6-7,12H,3-5,9H2,1-2H3,(H,10,11);1H. The molecule has 0 spiro atoms. The molecule has 0 saturated carbocycles. The van der Waals surface area contributed by atoms with Crippen LogP contribution in [-0.4, -0.2) is 24.2 Å². The lowest BCUT2D eigenvalue weighted by atomic mass is 10.0. The Bertz CT molecular complexity index is 144. The van der Waals surface area contributed by atoms with Crippen LogP contribution >= 0.6 is 29.6 Å². The van der Waals surface area contributed by atoms with E-state index >= 15 is 0 Å². The summed E-state index contributed by atoms with van der Waals surface area (Å²) in [7, 11) is 0. The number of nitrogens with two attached hydrogens (primary N) is 1. The summed E-state index contributed by atoms with van der Waals surface area (Å²) in [5.74, 6) is 1.04. The van der Waals surface area contributed by atoms with Gasteiger partial charge in [0.1, 0.15) is 0 Å². The second kappa shape index (κ2) is 8.84. The van der Waals surface area contributed by atoms with E-state index in [1.807, 2.05) is 13.8 Å². The van der Waals surface area contributed by atoms with Crippen LogP contribution in [0.1, 0.15) is 20.3 Å². The van der Waals surface area contributed by atoms with Crippen LogP contribution in [0.4, 0.5) is 0 Å². The maximum absolute atomic E-state index is 11.2. The molecule has 0 saturated heterocycles. The molecule has 0 heterocycles. The number of hydrogen-bond donors (Lipinski definition) is 3. The van der Waals surface area contributed by atoms with Crippen molar-refractivity contribution in [3.05, 3.63) is 0 Å². The van der Waals surface area contributed by atoms with Crippen LogP contribution in [0.15, 0.2) is 0 Å². The Kier molecular flexibility index (Phi) is 10.7. The summed E-state index contributed by atoms with van der Waals surface area (Å²) in [5, 5.41) is 2.70. The molecule has 3 nitrogen and oxygen atoms in total. The van der Waals surface area contributed by atoms with Gasteiger partial charge in [0, 0.05) is 12.3 Å². The predicted molar refractivity (Wildman–Crippen MR) is 64.6 cm³/mol. The van der Waals surface area contributed by atoms with Crippen LogP contribution in [0.3, 0.4) is 0 Å². The Morgan fingerprint density at radius 2 is 2.08 bits per heavy atom. The number of carbonyl (C=O) groups excluding carboxylic acids is 1. The van der Waals surface area contributed by atoms with Crippen molar-refractivity contribution in [2.75, 3.05) is 12.3 Å². The Labute approximate surface area is 96.0 Å². The molecular weight excluding hydrogens is 252 g/mol. The fraction of sp³-hybridized carbons (Fsp3) is 0.875. The van der Waals surface area contributed by atoms with Gasteiger partial charge in [0.25, 0.3) is 0 Å². The van der Waals surface area contributed by atoms with E-state index < -0.39 is 0 Å². The molecule has 3 N–H and O–H groups in total. The first kappa shape index (κ1) is 15.7. The van der Waals surface area contributed by atoms with Crippen molar-refractivity contribution in [3.63, 3.8) is 0 Å². The molecular formula is C8H19BrN2OS. The Balaban J connectivity index is 0. The monoisotopic (exact) mass is 270 g/mol. The summed E-state index contributed by atoms with van der Waals surface area (Å²) in [6.45, 7) is 4.69. The number of carbonyl (C=O) groups is 1. The van der Waals surface area contributed by atoms with Gasteiger partial charge in [-0.15, -0.1) is 17.0 Å². The molecule has 0 fully saturated rings. The first-order valence-corrected chi connectivity index (χ1v) is 4.85. The summed E-state index contributed by atoms with van der Waals surface area (Å²) < 4.78 is 0. The quantitative estimate of drug-likeness (QED) is 0.653. The van der Waals surface area contributed by atoms with Gasteiger partial charge in [-0.1, -0.05) is 13.8 Å². The fourth-order valence-corrected chi connectivity index (χ4v) is 1.04. The van der Waals surface area contributed by atoms with Crippen LogP contribution < -0.4 is 11.1 Å². The first-order chi connectivity index (χ1) is 5.57. The van der Waals surface area contributed by atoms with E-state index in [1.54, 1.807) is 0 Å². The highest BCUT2D eigenvalue weighted by Gasteiger charge is 2.13. The van der Waals surface area contributed by atoms with Gasteiger partial charge in [-0.3, -0.25) is 4.79 Å². The maximum atomic E-state index is 11.2. The molecule has 80 valence electrons. The minimum atomic E-state index is -0.370. The summed E-state index contributed by atoms with van der Waals surface area (Å²) in [6.07, 6.45) is 0.735. The van der Waals surface area contributed by atoms with Crippen molar-refractivity contribution in [3.8, 4) is 0 Å². The van der Waals surface area contributed by atoms with E-state index in [9.17, 15) is 4.79 Å². The molecule has 5 heteroatoms. The van der Waals surface area contributed by atoms with E-state index in [2.05, 4.69) is 17.9 Å². The topological polar surface area (TPSA) is 55.1 Å². The zero-order valence-electron chi connectivity index (χ0n) is 8.12. The van der Waals surface area contributed by atoms with Gasteiger partial charge < -0.3 is 11.1 Å². The number of hydrogen-bond acceptors (Lipinski definition) is 3. The van der Waals surface area contributed by atoms with Gasteiger partial charge in [-0.05, 0) is 12.3 Å². The van der Waals surface area contributed by atoms with Gasteiger partial charge in [-0.25, -0.2) is 0 Å². The van der Waals surface area contributed by atoms with Gasteiger partial charge in [0.05, 0.1) is 6.04 Å². The summed E-state index contributed by atoms with van der Waals surface area (Å²) in [5.41, 5.74) is 5.62. The van der Waals surface area contributed by atoms with Gasteiger partial charge >= 0.3 is 0 Å². The zero-order chi connectivity index (χ0) is 9.56. The van der Waals surface area contributed by atoms with E-state index in [4.69, 9.17) is 5.73 Å². The molecule has 0 aromatic carbocycles. The number of rotatable bonds is 5. The van der Waals surface area contributed by atoms with Crippen LogP contribution in [0.2, 0.25) is 0 Å². The van der Waals surface area contributed by atoms with Crippen LogP contribution in [-0.2, 0) is 4.79 Å². The van der Waals surface area contributed by atoms with E-state index in [-0.39, 0.29) is 28.9 Å². The highest BCUT2D eigenvalue weighted by Crippen LogP contribution is 2.02. The van der Waals surface area contributed by atoms with Gasteiger partial charge in [0.15, 0.2) is 0 Å². The molecule has 0 rings (SSSR count). The lowest BCUT2D eigenvalue weighted by molar-refractivity contribution is -0.122. The van der Waals surface area contributed by atoms with Gasteiger partial charge in [-0.2, -0.15) is 12.6 Å². The van der Waals surface area contributed by atoms with E-state index in [1.165, 1.54) is 0 Å². The van der Waals surface area contributed by atoms with Crippen LogP contribution in [0.5, 0.6) is 0 Å². The lowest BCUT2D eigenvalue weighted by Gasteiger charge is -2.13. The molecule has 0 aliphatic heterocycles. The Morgan fingerprint density at radius 1 is 1.54 bits per heavy atom. The predicted octanol–water partition coefficient (Wildman–Crippen LogP) is 0.984. The third-order valence-electron chi connectivity index (χ3n) is 1.47. The summed E-state index contributed by atoms with van der Waals surface area (Å²) in [6, 6.07) is -0.370. The molecule has 0 aromatic heterocycles. The first-order valence-electron chi connectivity index (χ1n) is 4.22. The molecule has 1 unspecified atom stereocenters. The zero-order valence-corrected chi connectivity index (χ0v) is 10.7. The molecule has 0 radical (unpaired) electrons. The highest BCUT2D eigenvalue weighted by molar-refractivity contribution is 8.93. The van der Waals surface area contributed by atoms with E-state index in [0.29, 0.717) is 18.2 Å². The molecule has 0 aromatic rings. The smallest absolute Gasteiger partial charge is 0.236 e. The van der Waals surface area contributed by atoms with Crippen molar-refractivity contribution in [1.29, 1.82) is 0 Å². The van der Waals surface area contributed by atoms with Crippen LogP contribution in [0.25, 0.3) is 0 Å². The molecule has 13 heavy (non-hydrogen) atoms. The minimum Gasteiger partial charge on any atom is -0.354 e. The third kappa shape index (κ3) is 8.59. The molecule has 0 aliphatic carbocycles. The van der Waals surface area contributed by atoms with E-state index in [0.717, 1.165) is 6.42 Å². The van der Waals surface area contributed by atoms with Crippen molar-refractivity contribution in [2.45, 2.75) is 26.3 Å². The van der Waals surface area contributed by atoms with Crippen molar-refractivity contribution < 1.29 is 4.79 Å². The number of amides is 1. The molecule has 1 atom stereocenters. The molecule has 0 aliphatic rings. The molecule has 0 bridgehead atoms.